The van der Waals surface area contributed by atoms with E-state index in [1.54, 1.807) is 18.2 Å². The molecule has 2 aromatic rings. The third-order valence-corrected chi connectivity index (χ3v) is 3.49. The van der Waals surface area contributed by atoms with Crippen LogP contribution in [0, 0.1) is 0 Å². The van der Waals surface area contributed by atoms with Gasteiger partial charge in [-0.2, -0.15) is 0 Å². The first-order valence-electron chi connectivity index (χ1n) is 6.49. The first-order valence-corrected chi connectivity index (χ1v) is 6.86. The van der Waals surface area contributed by atoms with E-state index in [0.717, 1.165) is 0 Å². The molecule has 0 aliphatic heterocycles. The summed E-state index contributed by atoms with van der Waals surface area (Å²) in [6.45, 7) is 0.0708. The molecule has 1 aromatic heterocycles. The van der Waals surface area contributed by atoms with E-state index in [1.807, 2.05) is 0 Å². The zero-order valence-corrected chi connectivity index (χ0v) is 13.1. The monoisotopic (exact) mass is 337 g/mol. The zero-order valence-electron chi connectivity index (χ0n) is 12.3. The predicted molar refractivity (Wildman–Crippen MR) is 88.0 cm³/mol. The number of hydrazine groups is 1. The Morgan fingerprint density at radius 1 is 1.39 bits per heavy atom. The average molecular weight is 338 g/mol. The van der Waals surface area contributed by atoms with Gasteiger partial charge in [-0.25, -0.2) is 15.6 Å². The van der Waals surface area contributed by atoms with E-state index < -0.39 is 5.97 Å². The van der Waals surface area contributed by atoms with E-state index in [2.05, 4.69) is 15.1 Å². The Kier molecular flexibility index (Phi) is 5.09. The van der Waals surface area contributed by atoms with Crippen molar-refractivity contribution < 1.29 is 14.3 Å². The van der Waals surface area contributed by atoms with Crippen LogP contribution in [0.1, 0.15) is 15.9 Å². The van der Waals surface area contributed by atoms with E-state index in [-0.39, 0.29) is 34.5 Å². The molecule has 0 bridgehead atoms. The Morgan fingerprint density at radius 2 is 2.13 bits per heavy atom. The van der Waals surface area contributed by atoms with Crippen molar-refractivity contribution in [2.45, 2.75) is 6.61 Å². The Labute approximate surface area is 137 Å². The second-order valence-corrected chi connectivity index (χ2v) is 4.89. The van der Waals surface area contributed by atoms with Crippen molar-refractivity contribution in [3.63, 3.8) is 0 Å². The second-order valence-electron chi connectivity index (χ2n) is 4.51. The molecule has 0 aliphatic rings. The number of carbonyl (C=O) groups is 1. The van der Waals surface area contributed by atoms with Crippen molar-refractivity contribution in [3.05, 3.63) is 40.4 Å². The zero-order chi connectivity index (χ0) is 17.0. The van der Waals surface area contributed by atoms with Crippen molar-refractivity contribution >= 4 is 34.9 Å². The maximum atomic E-state index is 11.6. The molecule has 0 unspecified atom stereocenters. The molecule has 8 nitrogen and oxygen atoms in total. The van der Waals surface area contributed by atoms with Gasteiger partial charge in [0.15, 0.2) is 5.82 Å². The SMILES string of the molecule is COC(=O)c1cccc(COc2cc(N)nc(NN)c2N)c1Cl. The van der Waals surface area contributed by atoms with Crippen LogP contribution in [0.2, 0.25) is 5.02 Å². The normalized spacial score (nSPS) is 10.2. The van der Waals surface area contributed by atoms with Gasteiger partial charge in [0.1, 0.15) is 23.9 Å². The van der Waals surface area contributed by atoms with Gasteiger partial charge in [-0.15, -0.1) is 0 Å². The summed E-state index contributed by atoms with van der Waals surface area (Å²) < 4.78 is 10.3. The highest BCUT2D eigenvalue weighted by Crippen LogP contribution is 2.31. The molecule has 0 radical (unpaired) electrons. The van der Waals surface area contributed by atoms with Crippen molar-refractivity contribution in [3.8, 4) is 5.75 Å². The lowest BCUT2D eigenvalue weighted by Gasteiger charge is -2.14. The molecule has 0 amide bonds. The Bertz CT molecular complexity index is 739. The molecule has 0 aliphatic carbocycles. The molecule has 122 valence electrons. The molecule has 23 heavy (non-hydrogen) atoms. The highest BCUT2D eigenvalue weighted by atomic mass is 35.5. The average Bonchev–Trinajstić information content (AvgIpc) is 2.55. The van der Waals surface area contributed by atoms with E-state index in [1.165, 1.54) is 13.2 Å². The summed E-state index contributed by atoms with van der Waals surface area (Å²) >= 11 is 6.20. The Hall–Kier alpha value is -2.71. The third kappa shape index (κ3) is 3.55. The van der Waals surface area contributed by atoms with E-state index in [0.29, 0.717) is 11.3 Å². The fourth-order valence-electron chi connectivity index (χ4n) is 1.89. The van der Waals surface area contributed by atoms with Gasteiger partial charge in [-0.3, -0.25) is 0 Å². The molecule has 1 aromatic carbocycles. The summed E-state index contributed by atoms with van der Waals surface area (Å²) in [7, 11) is 1.28. The third-order valence-electron chi connectivity index (χ3n) is 3.04. The molecule has 0 fully saturated rings. The molecule has 0 saturated carbocycles. The molecule has 0 spiro atoms. The Balaban J connectivity index is 2.25. The van der Waals surface area contributed by atoms with Gasteiger partial charge in [0.05, 0.1) is 17.7 Å². The predicted octanol–water partition coefficient (Wildman–Crippen LogP) is 1.55. The van der Waals surface area contributed by atoms with Crippen LogP contribution in [0.4, 0.5) is 17.3 Å². The molecular formula is C14H16ClN5O3. The van der Waals surface area contributed by atoms with Gasteiger partial charge in [0.2, 0.25) is 0 Å². The molecule has 1 heterocycles. The maximum absolute atomic E-state index is 11.6. The number of esters is 1. The lowest BCUT2D eigenvalue weighted by Crippen LogP contribution is -2.13. The number of nitrogens with one attached hydrogen (secondary N) is 1. The van der Waals surface area contributed by atoms with E-state index in [9.17, 15) is 4.79 Å². The standard InChI is InChI=1S/C14H16ClN5O3/c1-22-14(21)8-4-2-3-7(11(8)15)6-23-9-5-10(16)19-13(20-18)12(9)17/h2-5H,6,17-18H2,1H3,(H3,16,19,20). The number of hydrogen-bond donors (Lipinski definition) is 4. The number of nitrogens with zero attached hydrogens (tertiary/aromatic N) is 1. The number of aromatic nitrogens is 1. The van der Waals surface area contributed by atoms with Crippen LogP contribution in [-0.4, -0.2) is 18.1 Å². The lowest BCUT2D eigenvalue weighted by molar-refractivity contribution is 0.0600. The number of hydrogen-bond acceptors (Lipinski definition) is 8. The summed E-state index contributed by atoms with van der Waals surface area (Å²) in [4.78, 5) is 15.6. The fraction of sp³-hybridized carbons (Fsp3) is 0.143. The number of rotatable bonds is 5. The highest BCUT2D eigenvalue weighted by Gasteiger charge is 2.15. The number of benzene rings is 1. The molecule has 0 atom stereocenters. The van der Waals surface area contributed by atoms with Crippen LogP contribution < -0.4 is 27.5 Å². The van der Waals surface area contributed by atoms with Crippen molar-refractivity contribution in [2.24, 2.45) is 5.84 Å². The van der Waals surface area contributed by atoms with Crippen LogP contribution in [0.25, 0.3) is 0 Å². The van der Waals surface area contributed by atoms with E-state index >= 15 is 0 Å². The molecule has 2 rings (SSSR count). The summed E-state index contributed by atoms with van der Waals surface area (Å²) in [5, 5.41) is 0.247. The second kappa shape index (κ2) is 7.03. The van der Waals surface area contributed by atoms with Gasteiger partial charge in [-0.05, 0) is 6.07 Å². The first-order chi connectivity index (χ1) is 11.0. The summed E-state index contributed by atoms with van der Waals surface area (Å²) in [5.74, 6) is 5.47. The van der Waals surface area contributed by atoms with Crippen molar-refractivity contribution in [1.29, 1.82) is 0 Å². The molecule has 0 saturated heterocycles. The molecular weight excluding hydrogens is 322 g/mol. The number of nitrogen functional groups attached to an aromatic ring is 3. The first kappa shape index (κ1) is 16.7. The summed E-state index contributed by atoms with van der Waals surface area (Å²) in [5.41, 5.74) is 14.9. The van der Waals surface area contributed by atoms with Gasteiger partial charge < -0.3 is 26.4 Å². The smallest absolute Gasteiger partial charge is 0.339 e. The quantitative estimate of drug-likeness (QED) is 0.366. The summed E-state index contributed by atoms with van der Waals surface area (Å²) in [6, 6.07) is 6.42. The number of carbonyl (C=O) groups excluding carboxylic acids is 1. The minimum Gasteiger partial charge on any atom is -0.486 e. The van der Waals surface area contributed by atoms with Crippen molar-refractivity contribution in [1.82, 2.24) is 4.98 Å². The van der Waals surface area contributed by atoms with Gasteiger partial charge in [0.25, 0.3) is 0 Å². The number of methoxy groups -OCH3 is 1. The van der Waals surface area contributed by atoms with Gasteiger partial charge in [-0.1, -0.05) is 23.7 Å². The van der Waals surface area contributed by atoms with Crippen LogP contribution >= 0.6 is 11.6 Å². The lowest BCUT2D eigenvalue weighted by atomic mass is 10.1. The van der Waals surface area contributed by atoms with E-state index in [4.69, 9.17) is 33.6 Å². The highest BCUT2D eigenvalue weighted by molar-refractivity contribution is 6.34. The molecule has 9 heteroatoms. The largest absolute Gasteiger partial charge is 0.486 e. The van der Waals surface area contributed by atoms with Gasteiger partial charge in [0, 0.05) is 11.6 Å². The minimum absolute atomic E-state index is 0.0708. The number of ether oxygens (including phenoxy) is 2. The van der Waals surface area contributed by atoms with Gasteiger partial charge >= 0.3 is 5.97 Å². The van der Waals surface area contributed by atoms with Crippen LogP contribution in [0.5, 0.6) is 5.75 Å². The topological polar surface area (TPSA) is 139 Å². The van der Waals surface area contributed by atoms with Crippen LogP contribution in [-0.2, 0) is 11.3 Å². The van der Waals surface area contributed by atoms with Crippen molar-refractivity contribution in [2.75, 3.05) is 24.0 Å². The number of halogens is 1. The number of pyridine rings is 1. The number of nitrogens with two attached hydrogens (primary N) is 3. The Morgan fingerprint density at radius 3 is 2.78 bits per heavy atom. The number of anilines is 3. The van der Waals surface area contributed by atoms with Crippen LogP contribution in [0.3, 0.4) is 0 Å². The fourth-order valence-corrected chi connectivity index (χ4v) is 2.15. The van der Waals surface area contributed by atoms with Crippen LogP contribution in [0.15, 0.2) is 24.3 Å². The summed E-state index contributed by atoms with van der Waals surface area (Å²) in [6.07, 6.45) is 0. The maximum Gasteiger partial charge on any atom is 0.339 e. The molecule has 7 N–H and O–H groups in total. The minimum atomic E-state index is -0.529.